The summed E-state index contributed by atoms with van der Waals surface area (Å²) in [7, 11) is 0. The molecule has 2 aromatic rings. The van der Waals surface area contributed by atoms with Crippen LogP contribution < -0.4 is 10.2 Å². The Labute approximate surface area is 137 Å². The molecule has 118 valence electrons. The maximum atomic E-state index is 12.3. The molecule has 1 N–H and O–H groups in total. The monoisotopic (exact) mass is 330 g/mol. The Bertz CT molecular complexity index is 738. The van der Waals surface area contributed by atoms with E-state index < -0.39 is 5.91 Å². The highest BCUT2D eigenvalue weighted by molar-refractivity contribution is 8.18. The van der Waals surface area contributed by atoms with E-state index in [-0.39, 0.29) is 5.24 Å². The number of hydrazine groups is 1. The van der Waals surface area contributed by atoms with E-state index in [2.05, 4.69) is 5.43 Å². The van der Waals surface area contributed by atoms with E-state index in [0.29, 0.717) is 23.0 Å². The predicted molar refractivity (Wildman–Crippen MR) is 87.8 cm³/mol. The third-order valence-corrected chi connectivity index (χ3v) is 3.89. The number of ether oxygens (including phenoxy) is 1. The molecule has 0 aliphatic carbocycles. The Morgan fingerprint density at radius 1 is 1.26 bits per heavy atom. The normalized spacial score (nSPS) is 16.2. The lowest BCUT2D eigenvalue weighted by atomic mass is 10.3. The van der Waals surface area contributed by atoms with Gasteiger partial charge in [-0.15, -0.1) is 0 Å². The van der Waals surface area contributed by atoms with Gasteiger partial charge < -0.3 is 9.15 Å². The third-order valence-electron chi connectivity index (χ3n) is 3.02. The highest BCUT2D eigenvalue weighted by Gasteiger charge is 2.35. The number of rotatable bonds is 5. The van der Waals surface area contributed by atoms with Crippen molar-refractivity contribution in [1.29, 1.82) is 0 Å². The summed E-state index contributed by atoms with van der Waals surface area (Å²) in [6.45, 7) is 2.48. The molecule has 0 unspecified atom stereocenters. The minimum absolute atomic E-state index is 0.309. The Morgan fingerprint density at radius 2 is 2.04 bits per heavy atom. The molecule has 1 saturated heterocycles. The molecule has 23 heavy (non-hydrogen) atoms. The van der Waals surface area contributed by atoms with Crippen molar-refractivity contribution in [2.24, 2.45) is 0 Å². The van der Waals surface area contributed by atoms with Gasteiger partial charge in [-0.05, 0) is 55.1 Å². The number of nitrogens with zero attached hydrogens (tertiary/aromatic N) is 1. The van der Waals surface area contributed by atoms with Gasteiger partial charge in [0.25, 0.3) is 5.91 Å². The number of imide groups is 1. The van der Waals surface area contributed by atoms with Crippen molar-refractivity contribution in [3.63, 3.8) is 0 Å². The number of furan rings is 1. The average Bonchev–Trinajstić information content (AvgIpc) is 3.14. The van der Waals surface area contributed by atoms with E-state index in [1.54, 1.807) is 42.5 Å². The minimum atomic E-state index is -0.412. The zero-order valence-electron chi connectivity index (χ0n) is 12.3. The topological polar surface area (TPSA) is 71.8 Å². The molecular formula is C16H14N2O4S. The second kappa shape index (κ2) is 6.62. The van der Waals surface area contributed by atoms with Gasteiger partial charge in [0.15, 0.2) is 0 Å². The van der Waals surface area contributed by atoms with Gasteiger partial charge in [-0.1, -0.05) is 0 Å². The number of amides is 2. The lowest BCUT2D eigenvalue weighted by Gasteiger charge is -2.15. The molecule has 0 atom stereocenters. The lowest BCUT2D eigenvalue weighted by Crippen LogP contribution is -2.33. The van der Waals surface area contributed by atoms with Gasteiger partial charge in [-0.2, -0.15) is 5.01 Å². The van der Waals surface area contributed by atoms with Crippen molar-refractivity contribution in [1.82, 2.24) is 5.01 Å². The number of anilines is 1. The molecule has 3 rings (SSSR count). The van der Waals surface area contributed by atoms with Crippen molar-refractivity contribution >= 4 is 34.7 Å². The fourth-order valence-corrected chi connectivity index (χ4v) is 2.75. The smallest absolute Gasteiger partial charge is 0.312 e. The predicted octanol–water partition coefficient (Wildman–Crippen LogP) is 3.74. The molecule has 1 aliphatic heterocycles. The first kappa shape index (κ1) is 15.2. The van der Waals surface area contributed by atoms with Crippen LogP contribution in [0, 0.1) is 0 Å². The molecular weight excluding hydrogens is 316 g/mol. The lowest BCUT2D eigenvalue weighted by molar-refractivity contribution is -0.121. The van der Waals surface area contributed by atoms with E-state index in [1.165, 1.54) is 6.26 Å². The van der Waals surface area contributed by atoms with Crippen LogP contribution in [-0.4, -0.2) is 22.8 Å². The van der Waals surface area contributed by atoms with Gasteiger partial charge in [-0.25, -0.2) is 0 Å². The van der Waals surface area contributed by atoms with Gasteiger partial charge in [0.1, 0.15) is 11.5 Å². The molecule has 1 aromatic heterocycles. The van der Waals surface area contributed by atoms with Crippen molar-refractivity contribution in [2.75, 3.05) is 12.0 Å². The molecule has 2 heterocycles. The Hall–Kier alpha value is -2.67. The van der Waals surface area contributed by atoms with Gasteiger partial charge in [0.05, 0.1) is 23.5 Å². The van der Waals surface area contributed by atoms with E-state index in [1.807, 2.05) is 6.92 Å². The number of thioether (sulfide) groups is 1. The fourth-order valence-electron chi connectivity index (χ4n) is 1.99. The second-order valence-electron chi connectivity index (χ2n) is 4.60. The summed E-state index contributed by atoms with van der Waals surface area (Å²) in [4.78, 5) is 24.6. The van der Waals surface area contributed by atoms with Crippen molar-refractivity contribution in [3.8, 4) is 5.75 Å². The maximum absolute atomic E-state index is 12.3. The van der Waals surface area contributed by atoms with Crippen LogP contribution in [-0.2, 0) is 4.79 Å². The van der Waals surface area contributed by atoms with Gasteiger partial charge >= 0.3 is 5.24 Å². The average molecular weight is 330 g/mol. The van der Waals surface area contributed by atoms with E-state index >= 15 is 0 Å². The van der Waals surface area contributed by atoms with Crippen LogP contribution in [0.5, 0.6) is 5.75 Å². The van der Waals surface area contributed by atoms with Gasteiger partial charge in [0.2, 0.25) is 0 Å². The summed E-state index contributed by atoms with van der Waals surface area (Å²) in [6, 6.07) is 10.4. The zero-order chi connectivity index (χ0) is 16.2. The summed E-state index contributed by atoms with van der Waals surface area (Å²) in [5, 5.41) is 0.594. The Kier molecular flexibility index (Phi) is 4.38. The minimum Gasteiger partial charge on any atom is -0.494 e. The van der Waals surface area contributed by atoms with Gasteiger partial charge in [0, 0.05) is 6.08 Å². The fraction of sp³-hybridized carbons (Fsp3) is 0.125. The number of carbonyl (C=O) groups excluding carboxylic acids is 2. The third kappa shape index (κ3) is 3.40. The second-order valence-corrected chi connectivity index (χ2v) is 5.59. The number of hydrogen-bond acceptors (Lipinski definition) is 6. The molecule has 0 radical (unpaired) electrons. The molecule has 0 spiro atoms. The molecule has 6 nitrogen and oxygen atoms in total. The number of nitrogens with one attached hydrogen (secondary N) is 1. The summed E-state index contributed by atoms with van der Waals surface area (Å²) in [5.41, 5.74) is 3.43. The summed E-state index contributed by atoms with van der Waals surface area (Å²) >= 11 is 0.862. The number of carbonyl (C=O) groups is 2. The summed E-state index contributed by atoms with van der Waals surface area (Å²) in [5.74, 6) is 0.840. The molecule has 1 fully saturated rings. The van der Waals surface area contributed by atoms with Crippen LogP contribution in [0.2, 0.25) is 0 Å². The number of hydrogen-bond donors (Lipinski definition) is 1. The van der Waals surface area contributed by atoms with Crippen LogP contribution in [0.3, 0.4) is 0 Å². The summed E-state index contributed by atoms with van der Waals surface area (Å²) in [6.07, 6.45) is 3.05. The van der Waals surface area contributed by atoms with Crippen molar-refractivity contribution < 1.29 is 18.7 Å². The highest BCUT2D eigenvalue weighted by Crippen LogP contribution is 2.32. The van der Waals surface area contributed by atoms with Crippen LogP contribution in [0.4, 0.5) is 10.5 Å². The highest BCUT2D eigenvalue weighted by atomic mass is 32.2. The van der Waals surface area contributed by atoms with E-state index in [9.17, 15) is 9.59 Å². The molecule has 0 bridgehead atoms. The van der Waals surface area contributed by atoms with Crippen LogP contribution >= 0.6 is 11.8 Å². The molecule has 1 aliphatic rings. The summed E-state index contributed by atoms with van der Waals surface area (Å²) < 4.78 is 10.5. The maximum Gasteiger partial charge on any atom is 0.312 e. The first-order chi connectivity index (χ1) is 11.2. The van der Waals surface area contributed by atoms with Gasteiger partial charge in [-0.3, -0.25) is 15.0 Å². The molecule has 2 amide bonds. The molecule has 0 saturated carbocycles. The van der Waals surface area contributed by atoms with Crippen LogP contribution in [0.1, 0.15) is 12.7 Å². The Morgan fingerprint density at radius 3 is 2.70 bits per heavy atom. The van der Waals surface area contributed by atoms with Crippen LogP contribution in [0.15, 0.2) is 52.0 Å². The standard InChI is InChI=1S/C16H14N2O4S/c1-2-21-12-7-5-11(6-8-12)17-18-15(19)14(23-16(18)20)10-13-4-3-9-22-13/h3-10,17H,2H2,1H3/b14-10-. The Balaban J connectivity index is 1.73. The van der Waals surface area contributed by atoms with E-state index in [4.69, 9.17) is 9.15 Å². The largest absolute Gasteiger partial charge is 0.494 e. The quantitative estimate of drug-likeness (QED) is 0.842. The molecule has 7 heteroatoms. The zero-order valence-corrected chi connectivity index (χ0v) is 13.1. The van der Waals surface area contributed by atoms with Crippen molar-refractivity contribution in [2.45, 2.75) is 6.92 Å². The van der Waals surface area contributed by atoms with E-state index in [0.717, 1.165) is 22.5 Å². The number of benzene rings is 1. The van der Waals surface area contributed by atoms with Crippen molar-refractivity contribution in [3.05, 3.63) is 53.3 Å². The first-order valence-electron chi connectivity index (χ1n) is 6.98. The molecule has 1 aromatic carbocycles. The SMILES string of the molecule is CCOc1ccc(NN2C(=O)S/C(=C\c3ccco3)C2=O)cc1. The van der Waals surface area contributed by atoms with Crippen LogP contribution in [0.25, 0.3) is 6.08 Å². The first-order valence-corrected chi connectivity index (χ1v) is 7.80.